The first-order valence-corrected chi connectivity index (χ1v) is 11.4. The molecule has 0 aliphatic heterocycles. The number of nitrogen functional groups attached to an aromatic ring is 1. The van der Waals surface area contributed by atoms with E-state index in [0.717, 1.165) is 41.8 Å². The SMILES string of the molecule is C[C@H](c1ncccn1)N(Cc1ccc(C(F)(F)F)nn1)C(=O)c1ccc2nc(N)c3c(c2c1)CCC3. The Kier molecular flexibility index (Phi) is 5.99. The van der Waals surface area contributed by atoms with Gasteiger partial charge in [-0.25, -0.2) is 15.0 Å². The van der Waals surface area contributed by atoms with Crippen LogP contribution in [0.3, 0.4) is 0 Å². The molecule has 1 aliphatic rings. The molecule has 1 amide bonds. The average Bonchev–Trinajstić information content (AvgIpc) is 3.38. The molecule has 11 heteroatoms. The van der Waals surface area contributed by atoms with Crippen LogP contribution in [0.15, 0.2) is 48.8 Å². The Morgan fingerprint density at radius 3 is 2.53 bits per heavy atom. The van der Waals surface area contributed by atoms with Gasteiger partial charge in [0.05, 0.1) is 23.8 Å². The second kappa shape index (κ2) is 9.14. The highest BCUT2D eigenvalue weighted by Gasteiger charge is 2.33. The number of rotatable bonds is 5. The third kappa shape index (κ3) is 4.43. The number of aryl methyl sites for hydroxylation is 1. The van der Waals surface area contributed by atoms with E-state index in [1.54, 1.807) is 43.6 Å². The molecule has 0 saturated heterocycles. The summed E-state index contributed by atoms with van der Waals surface area (Å²) in [7, 11) is 0. The smallest absolute Gasteiger partial charge is 0.383 e. The van der Waals surface area contributed by atoms with Crippen molar-refractivity contribution in [3.63, 3.8) is 0 Å². The fourth-order valence-electron chi connectivity index (χ4n) is 4.52. The summed E-state index contributed by atoms with van der Waals surface area (Å²) >= 11 is 0. The van der Waals surface area contributed by atoms with Gasteiger partial charge in [-0.1, -0.05) is 0 Å². The lowest BCUT2D eigenvalue weighted by Gasteiger charge is -2.28. The molecule has 1 atom stereocenters. The Balaban J connectivity index is 1.53. The van der Waals surface area contributed by atoms with Crippen LogP contribution in [0.1, 0.15) is 58.1 Å². The summed E-state index contributed by atoms with van der Waals surface area (Å²) in [6.45, 7) is 1.67. The van der Waals surface area contributed by atoms with Crippen LogP contribution in [0.2, 0.25) is 0 Å². The van der Waals surface area contributed by atoms with E-state index in [2.05, 4.69) is 25.1 Å². The second-order valence-electron chi connectivity index (χ2n) is 8.66. The van der Waals surface area contributed by atoms with Gasteiger partial charge in [0.25, 0.3) is 5.91 Å². The molecule has 0 spiro atoms. The first-order valence-electron chi connectivity index (χ1n) is 11.4. The molecule has 184 valence electrons. The quantitative estimate of drug-likeness (QED) is 0.441. The van der Waals surface area contributed by atoms with Gasteiger partial charge in [-0.2, -0.15) is 18.3 Å². The highest BCUT2D eigenvalue weighted by molar-refractivity contribution is 5.99. The lowest BCUT2D eigenvalue weighted by Crippen LogP contribution is -2.34. The predicted octanol–water partition coefficient (Wildman–Crippen LogP) is 4.31. The van der Waals surface area contributed by atoms with Crippen molar-refractivity contribution < 1.29 is 18.0 Å². The largest absolute Gasteiger partial charge is 0.435 e. The molecule has 36 heavy (non-hydrogen) atoms. The molecule has 0 bridgehead atoms. The van der Waals surface area contributed by atoms with Crippen molar-refractivity contribution in [2.24, 2.45) is 0 Å². The van der Waals surface area contributed by atoms with E-state index in [1.807, 2.05) is 0 Å². The van der Waals surface area contributed by atoms with E-state index in [1.165, 1.54) is 11.0 Å². The molecule has 8 nitrogen and oxygen atoms in total. The number of hydrogen-bond acceptors (Lipinski definition) is 7. The van der Waals surface area contributed by atoms with Gasteiger partial charge in [0.2, 0.25) is 0 Å². The van der Waals surface area contributed by atoms with E-state index in [4.69, 9.17) is 5.73 Å². The van der Waals surface area contributed by atoms with Crippen LogP contribution in [-0.4, -0.2) is 36.0 Å². The second-order valence-corrected chi connectivity index (χ2v) is 8.66. The van der Waals surface area contributed by atoms with Crippen molar-refractivity contribution in [3.8, 4) is 0 Å². The molecule has 3 aromatic heterocycles. The van der Waals surface area contributed by atoms with Crippen LogP contribution >= 0.6 is 0 Å². The first-order chi connectivity index (χ1) is 17.2. The summed E-state index contributed by atoms with van der Waals surface area (Å²) in [5.41, 5.74) is 8.48. The van der Waals surface area contributed by atoms with Gasteiger partial charge in [0.1, 0.15) is 11.6 Å². The van der Waals surface area contributed by atoms with E-state index < -0.39 is 17.9 Å². The van der Waals surface area contributed by atoms with E-state index in [0.29, 0.717) is 22.7 Å². The highest BCUT2D eigenvalue weighted by atomic mass is 19.4. The summed E-state index contributed by atoms with van der Waals surface area (Å²) in [5.74, 6) is 0.565. The number of nitrogens with zero attached hydrogens (tertiary/aromatic N) is 6. The molecule has 5 rings (SSSR count). The van der Waals surface area contributed by atoms with E-state index in [9.17, 15) is 18.0 Å². The summed E-state index contributed by atoms with van der Waals surface area (Å²) in [4.78, 5) is 28.3. The van der Waals surface area contributed by atoms with Crippen molar-refractivity contribution >= 4 is 22.6 Å². The highest BCUT2D eigenvalue weighted by Crippen LogP contribution is 2.33. The summed E-state index contributed by atoms with van der Waals surface area (Å²) < 4.78 is 38.8. The molecule has 0 radical (unpaired) electrons. The Morgan fingerprint density at radius 2 is 1.83 bits per heavy atom. The molecule has 0 fully saturated rings. The number of pyridine rings is 1. The Morgan fingerprint density at radius 1 is 1.08 bits per heavy atom. The summed E-state index contributed by atoms with van der Waals surface area (Å²) in [6, 6.07) is 8.37. The van der Waals surface area contributed by atoms with Crippen LogP contribution in [0.4, 0.5) is 19.0 Å². The van der Waals surface area contributed by atoms with Gasteiger partial charge < -0.3 is 10.6 Å². The van der Waals surface area contributed by atoms with Crippen LogP contribution in [0, 0.1) is 0 Å². The molecule has 0 saturated carbocycles. The number of carbonyl (C=O) groups is 1. The van der Waals surface area contributed by atoms with Crippen LogP contribution in [0.5, 0.6) is 0 Å². The van der Waals surface area contributed by atoms with Gasteiger partial charge >= 0.3 is 6.18 Å². The van der Waals surface area contributed by atoms with Crippen molar-refractivity contribution in [3.05, 3.63) is 82.7 Å². The van der Waals surface area contributed by atoms with Crippen LogP contribution < -0.4 is 5.73 Å². The maximum atomic E-state index is 13.8. The van der Waals surface area contributed by atoms with Gasteiger partial charge in [-0.15, -0.1) is 5.10 Å². The number of amides is 1. The molecule has 1 aliphatic carbocycles. The molecular weight excluding hydrogens is 471 g/mol. The molecule has 3 heterocycles. The number of alkyl halides is 3. The molecule has 1 aromatic carbocycles. The Labute approximate surface area is 204 Å². The standard InChI is InChI=1S/C25H22F3N7O/c1-14(23-30-10-3-11-31-23)35(13-16-7-9-21(34-33-16)25(26,27)28)24(36)15-6-8-20-19(12-15)17-4-2-5-18(17)22(29)32-20/h3,6-12,14H,2,4-5,13H2,1H3,(H2,29,32)/t14-/m1/s1. The minimum atomic E-state index is -4.60. The monoisotopic (exact) mass is 493 g/mol. The van der Waals surface area contributed by atoms with Crippen LogP contribution in [0.25, 0.3) is 10.9 Å². The zero-order valence-electron chi connectivity index (χ0n) is 19.3. The fraction of sp³-hybridized carbons (Fsp3) is 0.280. The molecule has 2 N–H and O–H groups in total. The first kappa shape index (κ1) is 23.6. The number of fused-ring (bicyclic) bond motifs is 3. The number of aromatic nitrogens is 5. The van der Waals surface area contributed by atoms with Gasteiger partial charge in [0.15, 0.2) is 5.69 Å². The zero-order valence-corrected chi connectivity index (χ0v) is 19.3. The minimum absolute atomic E-state index is 0.0838. The lowest BCUT2D eigenvalue weighted by atomic mass is 10.0. The van der Waals surface area contributed by atoms with Gasteiger partial charge in [-0.05, 0) is 73.7 Å². The molecule has 4 aromatic rings. The van der Waals surface area contributed by atoms with Crippen LogP contribution in [-0.2, 0) is 25.6 Å². The van der Waals surface area contributed by atoms with Crippen molar-refractivity contribution in [2.75, 3.05) is 5.73 Å². The normalized spacial score (nSPS) is 14.0. The lowest BCUT2D eigenvalue weighted by molar-refractivity contribution is -0.141. The maximum Gasteiger partial charge on any atom is 0.435 e. The summed E-state index contributed by atoms with van der Waals surface area (Å²) in [5, 5.41) is 7.88. The predicted molar refractivity (Wildman–Crippen MR) is 126 cm³/mol. The number of carbonyl (C=O) groups excluding carboxylic acids is 1. The van der Waals surface area contributed by atoms with Gasteiger partial charge in [-0.3, -0.25) is 4.79 Å². The third-order valence-electron chi connectivity index (χ3n) is 6.37. The topological polar surface area (TPSA) is 111 Å². The number of anilines is 1. The molecular formula is C25H22F3N7O. The summed E-state index contributed by atoms with van der Waals surface area (Å²) in [6.07, 6.45) is 1.21. The number of halogens is 3. The average molecular weight is 493 g/mol. The third-order valence-corrected chi connectivity index (χ3v) is 6.37. The van der Waals surface area contributed by atoms with Crippen molar-refractivity contribution in [1.29, 1.82) is 0 Å². The van der Waals surface area contributed by atoms with E-state index in [-0.39, 0.29) is 18.1 Å². The Bertz CT molecular complexity index is 1430. The maximum absolute atomic E-state index is 13.8. The number of benzene rings is 1. The number of nitrogens with two attached hydrogens (primary N) is 1. The number of hydrogen-bond donors (Lipinski definition) is 1. The van der Waals surface area contributed by atoms with E-state index >= 15 is 0 Å². The van der Waals surface area contributed by atoms with Crippen molar-refractivity contribution in [2.45, 2.75) is 44.9 Å². The minimum Gasteiger partial charge on any atom is -0.383 e. The molecule has 0 unspecified atom stereocenters. The zero-order chi connectivity index (χ0) is 25.4. The van der Waals surface area contributed by atoms with Crippen molar-refractivity contribution in [1.82, 2.24) is 30.0 Å². The fourth-order valence-corrected chi connectivity index (χ4v) is 4.52. The van der Waals surface area contributed by atoms with Gasteiger partial charge in [0, 0.05) is 23.3 Å². The Hall–Kier alpha value is -4.15.